The van der Waals surface area contributed by atoms with Gasteiger partial charge in [0.05, 0.1) is 6.61 Å². The molecule has 0 aromatic heterocycles. The molecule has 0 radical (unpaired) electrons. The fourth-order valence-corrected chi connectivity index (χ4v) is 5.49. The Balaban J connectivity index is 0.000000192. The molecule has 4 aliphatic rings. The number of nitrogens with one attached hydrogen (secondary N) is 4. The van der Waals surface area contributed by atoms with Crippen LogP contribution in [0, 0.1) is 35.5 Å². The number of allylic oxidation sites excluding steroid dienone is 2. The molecule has 34 heavy (non-hydrogen) atoms. The predicted molar refractivity (Wildman–Crippen MR) is 133 cm³/mol. The molecule has 6 atom stereocenters. The Labute approximate surface area is 204 Å². The van der Waals surface area contributed by atoms with Crippen LogP contribution in [0.25, 0.3) is 0 Å². The minimum Gasteiger partial charge on any atom is -0.450 e. The van der Waals surface area contributed by atoms with E-state index in [0.29, 0.717) is 48.7 Å². The number of fused-ring (bicyclic) bond motifs is 2. The van der Waals surface area contributed by atoms with Crippen LogP contribution in [0.1, 0.15) is 40.5 Å². The number of carbonyl (C=O) groups excluding carboxylic acids is 2. The van der Waals surface area contributed by atoms with E-state index in [0.717, 1.165) is 45.6 Å². The molecule has 0 bridgehead atoms. The number of ether oxygens (including phenoxy) is 2. The van der Waals surface area contributed by atoms with Gasteiger partial charge in [0.15, 0.2) is 0 Å². The van der Waals surface area contributed by atoms with Gasteiger partial charge in [-0.3, -0.25) is 0 Å². The van der Waals surface area contributed by atoms with E-state index in [-0.39, 0.29) is 12.2 Å². The van der Waals surface area contributed by atoms with Crippen LogP contribution in [-0.2, 0) is 9.47 Å². The van der Waals surface area contributed by atoms with E-state index in [1.165, 1.54) is 0 Å². The lowest BCUT2D eigenvalue weighted by Crippen LogP contribution is -2.38. The zero-order valence-corrected chi connectivity index (χ0v) is 21.3. The van der Waals surface area contributed by atoms with Gasteiger partial charge in [-0.1, -0.05) is 24.3 Å². The van der Waals surface area contributed by atoms with Gasteiger partial charge >= 0.3 is 12.2 Å². The first-order chi connectivity index (χ1) is 16.3. The van der Waals surface area contributed by atoms with Crippen LogP contribution < -0.4 is 21.3 Å². The molecule has 0 spiro atoms. The summed E-state index contributed by atoms with van der Waals surface area (Å²) in [7, 11) is 0. The van der Waals surface area contributed by atoms with Crippen molar-refractivity contribution in [2.75, 3.05) is 45.9 Å². The van der Waals surface area contributed by atoms with Crippen LogP contribution >= 0.6 is 0 Å². The number of rotatable bonds is 5. The van der Waals surface area contributed by atoms with Crippen LogP contribution in [0.3, 0.4) is 0 Å². The summed E-state index contributed by atoms with van der Waals surface area (Å²) in [4.78, 5) is 22.8. The topological polar surface area (TPSA) is 101 Å². The van der Waals surface area contributed by atoms with Gasteiger partial charge in [0.1, 0.15) is 5.60 Å². The molecule has 2 saturated heterocycles. The zero-order valence-electron chi connectivity index (χ0n) is 21.3. The van der Waals surface area contributed by atoms with Crippen molar-refractivity contribution in [1.29, 1.82) is 0 Å². The van der Waals surface area contributed by atoms with Crippen molar-refractivity contribution in [2.45, 2.75) is 46.1 Å². The molecule has 4 N–H and O–H groups in total. The Kier molecular flexibility index (Phi) is 9.83. The first kappa shape index (κ1) is 26.5. The summed E-state index contributed by atoms with van der Waals surface area (Å²) in [6.45, 7) is 13.6. The average molecular weight is 477 g/mol. The largest absolute Gasteiger partial charge is 0.450 e. The van der Waals surface area contributed by atoms with E-state index < -0.39 is 5.60 Å². The molecule has 2 fully saturated rings. The highest BCUT2D eigenvalue weighted by molar-refractivity contribution is 5.67. The van der Waals surface area contributed by atoms with Gasteiger partial charge < -0.3 is 30.7 Å². The van der Waals surface area contributed by atoms with Crippen molar-refractivity contribution in [3.63, 3.8) is 0 Å². The highest BCUT2D eigenvalue weighted by Gasteiger charge is 2.35. The molecule has 192 valence electrons. The molecule has 8 heteroatoms. The van der Waals surface area contributed by atoms with Gasteiger partial charge in [-0.15, -0.1) is 0 Å². The van der Waals surface area contributed by atoms with Crippen molar-refractivity contribution in [2.24, 2.45) is 35.5 Å². The van der Waals surface area contributed by atoms with Crippen molar-refractivity contribution in [3.05, 3.63) is 24.3 Å². The van der Waals surface area contributed by atoms with Crippen molar-refractivity contribution in [1.82, 2.24) is 21.3 Å². The van der Waals surface area contributed by atoms with E-state index >= 15 is 0 Å². The summed E-state index contributed by atoms with van der Waals surface area (Å²) in [5.74, 6) is 3.71. The van der Waals surface area contributed by atoms with Gasteiger partial charge in [-0.05, 0) is 89.1 Å². The Bertz CT molecular complexity index is 733. The normalized spacial score (nSPS) is 31.5. The van der Waals surface area contributed by atoms with Crippen molar-refractivity contribution >= 4 is 12.2 Å². The lowest BCUT2D eigenvalue weighted by molar-refractivity contribution is 0.0511. The van der Waals surface area contributed by atoms with E-state index in [4.69, 9.17) is 9.47 Å². The maximum Gasteiger partial charge on any atom is 0.407 e. The summed E-state index contributed by atoms with van der Waals surface area (Å²) in [6.07, 6.45) is 10.6. The fourth-order valence-electron chi connectivity index (χ4n) is 5.49. The average Bonchev–Trinajstić information content (AvgIpc) is 3.45. The molecule has 2 amide bonds. The van der Waals surface area contributed by atoms with Crippen LogP contribution in [0.15, 0.2) is 24.3 Å². The molecular weight excluding hydrogens is 432 g/mol. The van der Waals surface area contributed by atoms with E-state index in [1.54, 1.807) is 0 Å². The standard InChI is InChI=1S/C14H24N2O2.C12H20N2O2/c1-14(2,3)18-13(17)16-8-11-6-4-5-10-7-15-9-12(10)11;1-2-16-12(15)14-7-10-5-3-4-9-6-13-8-11(9)10/h4-5,10-12,15H,6-9H2,1-3H3,(H,16,17);3-4,9-11,13H,2,5-8H2,1H3,(H,14,15). The summed E-state index contributed by atoms with van der Waals surface area (Å²) in [6, 6.07) is 0. The SMILES string of the molecule is CC(C)(C)OC(=O)NCC1CC=CC2CNCC21.CCOC(=O)NCC1CC=CC2CNCC21. The number of amides is 2. The lowest BCUT2D eigenvalue weighted by Gasteiger charge is -2.29. The smallest absolute Gasteiger partial charge is 0.407 e. The Morgan fingerprint density at radius 1 is 0.853 bits per heavy atom. The van der Waals surface area contributed by atoms with Gasteiger partial charge in [0.25, 0.3) is 0 Å². The quantitative estimate of drug-likeness (QED) is 0.455. The second-order valence-corrected chi connectivity index (χ2v) is 10.8. The second-order valence-electron chi connectivity index (χ2n) is 10.8. The van der Waals surface area contributed by atoms with Gasteiger partial charge in [0, 0.05) is 26.2 Å². The molecule has 0 aromatic carbocycles. The van der Waals surface area contributed by atoms with E-state index in [9.17, 15) is 9.59 Å². The Morgan fingerprint density at radius 2 is 1.35 bits per heavy atom. The number of alkyl carbamates (subject to hydrolysis) is 2. The monoisotopic (exact) mass is 476 g/mol. The molecule has 2 aliphatic heterocycles. The maximum absolute atomic E-state index is 11.6. The van der Waals surface area contributed by atoms with Gasteiger partial charge in [-0.2, -0.15) is 0 Å². The predicted octanol–water partition coefficient (Wildman–Crippen LogP) is 3.07. The molecule has 0 saturated carbocycles. The van der Waals surface area contributed by atoms with Crippen LogP contribution in [0.4, 0.5) is 9.59 Å². The number of hydrogen-bond acceptors (Lipinski definition) is 6. The third-order valence-electron chi connectivity index (χ3n) is 7.17. The highest BCUT2D eigenvalue weighted by Crippen LogP contribution is 2.33. The maximum atomic E-state index is 11.6. The minimum absolute atomic E-state index is 0.292. The zero-order chi connectivity index (χ0) is 24.6. The van der Waals surface area contributed by atoms with E-state index in [2.05, 4.69) is 45.6 Å². The minimum atomic E-state index is -0.423. The third kappa shape index (κ3) is 8.01. The van der Waals surface area contributed by atoms with Crippen molar-refractivity contribution in [3.8, 4) is 0 Å². The van der Waals surface area contributed by atoms with Gasteiger partial charge in [-0.25, -0.2) is 9.59 Å². The molecule has 2 aliphatic carbocycles. The van der Waals surface area contributed by atoms with Crippen LogP contribution in [0.2, 0.25) is 0 Å². The highest BCUT2D eigenvalue weighted by atomic mass is 16.6. The van der Waals surface area contributed by atoms with Crippen LogP contribution in [-0.4, -0.2) is 63.7 Å². The fraction of sp³-hybridized carbons (Fsp3) is 0.769. The third-order valence-corrected chi connectivity index (χ3v) is 7.17. The van der Waals surface area contributed by atoms with Crippen molar-refractivity contribution < 1.29 is 19.1 Å². The summed E-state index contributed by atoms with van der Waals surface area (Å²) >= 11 is 0. The summed E-state index contributed by atoms with van der Waals surface area (Å²) in [5.41, 5.74) is -0.423. The molecule has 0 aromatic rings. The number of carbonyl (C=O) groups is 2. The van der Waals surface area contributed by atoms with Gasteiger partial charge in [0.2, 0.25) is 0 Å². The first-order valence-corrected chi connectivity index (χ1v) is 12.9. The second kappa shape index (κ2) is 12.6. The Morgan fingerprint density at radius 3 is 1.82 bits per heavy atom. The Hall–Kier alpha value is -2.06. The molecule has 8 nitrogen and oxygen atoms in total. The lowest BCUT2D eigenvalue weighted by atomic mass is 9.78. The summed E-state index contributed by atoms with van der Waals surface area (Å²) < 4.78 is 10.1. The molecule has 6 unspecified atom stereocenters. The van der Waals surface area contributed by atoms with Crippen LogP contribution in [0.5, 0.6) is 0 Å². The molecular formula is C26H44N4O4. The number of hydrogen-bond donors (Lipinski definition) is 4. The molecule has 4 rings (SSSR count). The van der Waals surface area contributed by atoms with E-state index in [1.807, 2.05) is 27.7 Å². The first-order valence-electron chi connectivity index (χ1n) is 12.9. The molecule has 2 heterocycles. The summed E-state index contributed by atoms with van der Waals surface area (Å²) in [5, 5.41) is 12.6.